The fourth-order valence-corrected chi connectivity index (χ4v) is 2.53. The van der Waals surface area contributed by atoms with Gasteiger partial charge in [-0.15, -0.1) is 0 Å². The zero-order valence-electron chi connectivity index (χ0n) is 15.2. The minimum absolute atomic E-state index is 0.147. The number of anilines is 1. The topological polar surface area (TPSA) is 58.1 Å². The third kappa shape index (κ3) is 5.43. The molecular formula is C19H25ClN4O. The quantitative estimate of drug-likeness (QED) is 0.765. The van der Waals surface area contributed by atoms with Crippen LogP contribution in [0.2, 0.25) is 5.02 Å². The van der Waals surface area contributed by atoms with Crippen molar-refractivity contribution in [1.29, 1.82) is 0 Å². The van der Waals surface area contributed by atoms with E-state index in [4.69, 9.17) is 11.6 Å². The van der Waals surface area contributed by atoms with Crippen LogP contribution in [0.4, 0.5) is 5.69 Å². The zero-order valence-corrected chi connectivity index (χ0v) is 16.0. The Morgan fingerprint density at radius 1 is 1.24 bits per heavy atom. The summed E-state index contributed by atoms with van der Waals surface area (Å²) in [5, 5.41) is 3.16. The molecule has 1 aromatic carbocycles. The van der Waals surface area contributed by atoms with Crippen molar-refractivity contribution in [2.24, 2.45) is 0 Å². The number of benzene rings is 1. The van der Waals surface area contributed by atoms with Gasteiger partial charge >= 0.3 is 0 Å². The molecule has 25 heavy (non-hydrogen) atoms. The Labute approximate surface area is 154 Å². The molecule has 0 fully saturated rings. The predicted molar refractivity (Wildman–Crippen MR) is 103 cm³/mol. The highest BCUT2D eigenvalue weighted by molar-refractivity contribution is 6.33. The van der Waals surface area contributed by atoms with E-state index >= 15 is 0 Å². The molecule has 0 aliphatic heterocycles. The molecule has 6 heteroatoms. The summed E-state index contributed by atoms with van der Waals surface area (Å²) in [6.07, 6.45) is 3.25. The van der Waals surface area contributed by atoms with Crippen molar-refractivity contribution in [2.75, 3.05) is 25.5 Å². The molecule has 1 N–H and O–H groups in total. The van der Waals surface area contributed by atoms with Crippen LogP contribution in [-0.4, -0.2) is 36.5 Å². The maximum Gasteiger partial charge on any atom is 0.271 e. The van der Waals surface area contributed by atoms with Crippen molar-refractivity contribution < 1.29 is 4.79 Å². The molecular weight excluding hydrogens is 336 g/mol. The second-order valence-corrected chi connectivity index (χ2v) is 6.91. The maximum absolute atomic E-state index is 12.3. The third-order valence-electron chi connectivity index (χ3n) is 3.87. The highest BCUT2D eigenvalue weighted by atomic mass is 35.5. The number of aryl methyl sites for hydroxylation is 1. The monoisotopic (exact) mass is 360 g/mol. The fraction of sp³-hybridized carbons (Fsp3) is 0.421. The lowest BCUT2D eigenvalue weighted by molar-refractivity contribution is 0.0948. The molecule has 0 unspecified atom stereocenters. The highest BCUT2D eigenvalue weighted by Crippen LogP contribution is 2.16. The van der Waals surface area contributed by atoms with E-state index in [1.54, 1.807) is 0 Å². The Bertz CT molecular complexity index is 714. The first kappa shape index (κ1) is 19.2. The number of amides is 1. The van der Waals surface area contributed by atoms with Crippen LogP contribution in [0.3, 0.4) is 0 Å². The van der Waals surface area contributed by atoms with Crippen molar-refractivity contribution in [1.82, 2.24) is 15.3 Å². The van der Waals surface area contributed by atoms with Gasteiger partial charge in [-0.2, -0.15) is 0 Å². The molecule has 0 radical (unpaired) electrons. The lowest BCUT2D eigenvalue weighted by atomic mass is 10.1. The first-order chi connectivity index (χ1) is 11.9. The van der Waals surface area contributed by atoms with Gasteiger partial charge in [-0.1, -0.05) is 37.6 Å². The minimum atomic E-state index is -0.253. The number of nitrogens with zero attached hydrogens (tertiary/aromatic N) is 3. The van der Waals surface area contributed by atoms with Crippen LogP contribution in [0.15, 0.2) is 30.5 Å². The smallest absolute Gasteiger partial charge is 0.271 e. The van der Waals surface area contributed by atoms with Gasteiger partial charge in [-0.05, 0) is 30.5 Å². The molecule has 0 spiro atoms. The van der Waals surface area contributed by atoms with Gasteiger partial charge in [-0.3, -0.25) is 4.79 Å². The maximum atomic E-state index is 12.3. The summed E-state index contributed by atoms with van der Waals surface area (Å²) in [6.45, 7) is 4.53. The van der Waals surface area contributed by atoms with E-state index in [-0.39, 0.29) is 22.5 Å². The SMILES string of the molecule is CC(C)c1ncc(Cl)c(C(=O)NCCCc2ccc(N(C)C)cc2)n1. The molecule has 0 bridgehead atoms. The highest BCUT2D eigenvalue weighted by Gasteiger charge is 2.15. The second kappa shape index (κ2) is 8.81. The van der Waals surface area contributed by atoms with Crippen molar-refractivity contribution in [3.8, 4) is 0 Å². The van der Waals surface area contributed by atoms with Crippen LogP contribution >= 0.6 is 11.6 Å². The van der Waals surface area contributed by atoms with Crippen molar-refractivity contribution in [3.63, 3.8) is 0 Å². The molecule has 1 amide bonds. The van der Waals surface area contributed by atoms with Crippen LogP contribution in [-0.2, 0) is 6.42 Å². The van der Waals surface area contributed by atoms with E-state index in [1.807, 2.05) is 27.9 Å². The Morgan fingerprint density at radius 3 is 2.52 bits per heavy atom. The Morgan fingerprint density at radius 2 is 1.92 bits per heavy atom. The number of halogens is 1. The number of rotatable bonds is 7. The number of aromatic nitrogens is 2. The third-order valence-corrected chi connectivity index (χ3v) is 4.15. The molecule has 1 aromatic heterocycles. The van der Waals surface area contributed by atoms with E-state index in [1.165, 1.54) is 17.4 Å². The summed E-state index contributed by atoms with van der Waals surface area (Å²) < 4.78 is 0. The Balaban J connectivity index is 1.85. The molecule has 0 saturated carbocycles. The molecule has 0 aliphatic rings. The molecule has 0 atom stereocenters. The first-order valence-corrected chi connectivity index (χ1v) is 8.83. The Hall–Kier alpha value is -2.14. The summed E-state index contributed by atoms with van der Waals surface area (Å²) in [5.41, 5.74) is 2.68. The summed E-state index contributed by atoms with van der Waals surface area (Å²) in [5.74, 6) is 0.516. The van der Waals surface area contributed by atoms with E-state index < -0.39 is 0 Å². The van der Waals surface area contributed by atoms with Crippen LogP contribution in [0.5, 0.6) is 0 Å². The predicted octanol–water partition coefficient (Wildman–Crippen LogP) is 3.68. The van der Waals surface area contributed by atoms with Gasteiger partial charge in [0, 0.05) is 32.2 Å². The van der Waals surface area contributed by atoms with Gasteiger partial charge in [-0.25, -0.2) is 9.97 Å². The first-order valence-electron chi connectivity index (χ1n) is 8.45. The number of hydrogen-bond acceptors (Lipinski definition) is 4. The van der Waals surface area contributed by atoms with E-state index in [0.29, 0.717) is 12.4 Å². The number of carbonyl (C=O) groups is 1. The van der Waals surface area contributed by atoms with Gasteiger partial charge in [0.25, 0.3) is 5.91 Å². The van der Waals surface area contributed by atoms with Crippen LogP contribution in [0.25, 0.3) is 0 Å². The lowest BCUT2D eigenvalue weighted by Gasteiger charge is -2.12. The van der Waals surface area contributed by atoms with Gasteiger partial charge < -0.3 is 10.2 Å². The van der Waals surface area contributed by atoms with Crippen molar-refractivity contribution in [2.45, 2.75) is 32.6 Å². The molecule has 0 saturated heterocycles. The molecule has 2 rings (SSSR count). The molecule has 134 valence electrons. The molecule has 5 nitrogen and oxygen atoms in total. The van der Waals surface area contributed by atoms with E-state index in [2.05, 4.69) is 44.5 Å². The average molecular weight is 361 g/mol. The van der Waals surface area contributed by atoms with Gasteiger partial charge in [0.1, 0.15) is 11.5 Å². The van der Waals surface area contributed by atoms with Crippen molar-refractivity contribution >= 4 is 23.2 Å². The van der Waals surface area contributed by atoms with Crippen LogP contribution in [0.1, 0.15) is 48.1 Å². The average Bonchev–Trinajstić information content (AvgIpc) is 2.59. The lowest BCUT2D eigenvalue weighted by Crippen LogP contribution is -2.26. The number of hydrogen-bond donors (Lipinski definition) is 1. The summed E-state index contributed by atoms with van der Waals surface area (Å²) in [6, 6.07) is 8.44. The standard InChI is InChI=1S/C19H25ClN4O/c1-13(2)18-22-12-16(20)17(23-18)19(25)21-11-5-6-14-7-9-15(10-8-14)24(3)4/h7-10,12-13H,5-6,11H2,1-4H3,(H,21,25). The zero-order chi connectivity index (χ0) is 18.4. The van der Waals surface area contributed by atoms with Crippen molar-refractivity contribution in [3.05, 3.63) is 52.6 Å². The van der Waals surface area contributed by atoms with Gasteiger partial charge in [0.15, 0.2) is 0 Å². The van der Waals surface area contributed by atoms with E-state index in [0.717, 1.165) is 12.8 Å². The fourth-order valence-electron chi connectivity index (χ4n) is 2.36. The summed E-state index contributed by atoms with van der Waals surface area (Å²) >= 11 is 6.05. The molecule has 1 heterocycles. The van der Waals surface area contributed by atoms with Gasteiger partial charge in [0.05, 0.1) is 11.2 Å². The second-order valence-electron chi connectivity index (χ2n) is 6.50. The minimum Gasteiger partial charge on any atom is -0.378 e. The molecule has 0 aliphatic carbocycles. The Kier molecular flexibility index (Phi) is 6.76. The number of carbonyl (C=O) groups excluding carboxylic acids is 1. The summed E-state index contributed by atoms with van der Waals surface area (Å²) in [7, 11) is 4.04. The largest absolute Gasteiger partial charge is 0.378 e. The normalized spacial score (nSPS) is 10.8. The van der Waals surface area contributed by atoms with Gasteiger partial charge in [0.2, 0.25) is 0 Å². The van der Waals surface area contributed by atoms with E-state index in [9.17, 15) is 4.79 Å². The number of nitrogens with one attached hydrogen (secondary N) is 1. The van der Waals surface area contributed by atoms with Crippen LogP contribution < -0.4 is 10.2 Å². The molecule has 2 aromatic rings. The summed E-state index contributed by atoms with van der Waals surface area (Å²) in [4.78, 5) is 22.8. The van der Waals surface area contributed by atoms with Crippen LogP contribution in [0, 0.1) is 0 Å².